The SMILES string of the molecule is COCCN(CCOC12CC3(C)CC(C)(CC(Cn4ncc(-c5ccc(N6CCc7c(OC)ccc(C(=O)Nc8nc9ccccc9s8)c7C6)nc5C(=O)O)c4C)(C3)C1)C2)C(=O)OCc1ccc(OCCOCCNC(=O)[C@@H](N)CS(=O)(=O)O)cc1O[C@@H]1O[C@H](C(=O)O)[C@@H](O)[C@H](O)[C@H]1O. The summed E-state index contributed by atoms with van der Waals surface area (Å²) in [6.45, 7) is 7.81. The molecule has 0 spiro atoms. The van der Waals surface area contributed by atoms with Crippen molar-refractivity contribution in [3.05, 3.63) is 107 Å². The Balaban J connectivity index is 0.743. The lowest BCUT2D eigenvalue weighted by atomic mass is 9.39. The Bertz CT molecular complexity index is 4060. The number of methoxy groups -OCH3 is 2. The molecule has 4 saturated carbocycles. The van der Waals surface area contributed by atoms with E-state index in [2.05, 4.69) is 29.5 Å². The first-order valence-electron chi connectivity index (χ1n) is 32.4. The van der Waals surface area contributed by atoms with E-state index >= 15 is 0 Å². The summed E-state index contributed by atoms with van der Waals surface area (Å²) in [6.07, 6.45) is -3.13. The zero-order valence-electron chi connectivity index (χ0n) is 55.4. The van der Waals surface area contributed by atoms with Crippen molar-refractivity contribution in [1.29, 1.82) is 0 Å². The van der Waals surface area contributed by atoms with Gasteiger partial charge in [0.1, 0.15) is 60.6 Å². The summed E-state index contributed by atoms with van der Waals surface area (Å²) in [6, 6.07) is 17.6. The second-order valence-corrected chi connectivity index (χ2v) is 29.6. The molecular weight excluding hydrogens is 1330 g/mol. The molecule has 534 valence electrons. The fourth-order valence-corrected chi connectivity index (χ4v) is 17.4. The standard InChI is InChI=1S/C67H83N9O21S2/c1-38-44(42-13-15-51(72-52(42)59(82)83)75-18-16-41-45(28-75)43(12-14-48(41)91-5)57(80)73-62-71-47-8-6-7-9-50(47)98-62)27-70-76(38)37-66-32-64(2)31-65(3,33-66)35-67(34-64,36-66)95-23-20-74(19-22-90-4)63(86)94-29-39-10-11-40(93-25-24-92-21-17-69-58(81)46(68)30-99(87,88)89)26-49(39)96-61-55(79)53(77)54(78)56(97-61)60(84)85/h6-15,26-27,46,53-56,61,77-79H,16-25,28-37,68H2,1-5H3,(H,69,81)(H,82,83)(H,84,85)(H,71,73,80)(H,87,88,89)/t46-,53-,54-,55+,56-,61+,64?,65?,66?,67?/m0/s1. The highest BCUT2D eigenvalue weighted by Gasteiger charge is 2.66. The summed E-state index contributed by atoms with van der Waals surface area (Å²) in [4.78, 5) is 78.3. The highest BCUT2D eigenvalue weighted by atomic mass is 32.2. The lowest BCUT2D eigenvalue weighted by Crippen LogP contribution is -2.64. The number of fused-ring (bicyclic) bond motifs is 2. The number of benzene rings is 3. The molecule has 30 nitrogen and oxygen atoms in total. The van der Waals surface area contributed by atoms with Crippen LogP contribution in [0.15, 0.2) is 72.9 Å². The van der Waals surface area contributed by atoms with Crippen LogP contribution in [0.1, 0.15) is 95.6 Å². The van der Waals surface area contributed by atoms with Crippen molar-refractivity contribution in [3.8, 4) is 28.4 Å². The number of aromatic nitrogens is 4. The minimum atomic E-state index is -4.48. The third kappa shape index (κ3) is 16.4. The van der Waals surface area contributed by atoms with Gasteiger partial charge in [-0.2, -0.15) is 13.5 Å². The van der Waals surface area contributed by atoms with Gasteiger partial charge < -0.3 is 84.3 Å². The number of nitrogens with two attached hydrogens (primary N) is 1. The summed E-state index contributed by atoms with van der Waals surface area (Å²) < 4.78 is 80.9. The molecule has 0 radical (unpaired) electrons. The van der Waals surface area contributed by atoms with Crippen LogP contribution in [-0.4, -0.2) is 215 Å². The number of nitrogens with zero attached hydrogens (tertiary/aromatic N) is 6. The quantitative estimate of drug-likeness (QED) is 0.0216. The maximum Gasteiger partial charge on any atom is 0.410 e. The summed E-state index contributed by atoms with van der Waals surface area (Å²) in [5, 5.41) is 63.2. The molecule has 6 aliphatic rings. The Morgan fingerprint density at radius 1 is 0.848 bits per heavy atom. The topological polar surface area (TPSA) is 415 Å². The molecule has 4 bridgehead atoms. The van der Waals surface area contributed by atoms with Gasteiger partial charge >= 0.3 is 18.0 Å². The Hall–Kier alpha value is -8.15. The second kappa shape index (κ2) is 29.6. The summed E-state index contributed by atoms with van der Waals surface area (Å²) in [5.74, 6) is -3.81. The highest BCUT2D eigenvalue weighted by molar-refractivity contribution is 7.85. The highest BCUT2D eigenvalue weighted by Crippen LogP contribution is 2.72. The molecular formula is C67H83N9O21S2. The van der Waals surface area contributed by atoms with Crippen molar-refractivity contribution in [1.82, 2.24) is 30.0 Å². The smallest absolute Gasteiger partial charge is 0.410 e. The zero-order valence-corrected chi connectivity index (χ0v) is 57.1. The molecule has 10 N–H and O–H groups in total. The number of aliphatic carboxylic acids is 1. The predicted molar refractivity (Wildman–Crippen MR) is 356 cm³/mol. The third-order valence-corrected chi connectivity index (χ3v) is 20.8. The molecule has 3 aromatic carbocycles. The number of hydrogen-bond donors (Lipinski definition) is 9. The number of aromatic carboxylic acids is 1. The molecule has 5 heterocycles. The number of amides is 3. The number of carboxylic acids is 2. The molecule has 2 unspecified atom stereocenters. The summed E-state index contributed by atoms with van der Waals surface area (Å²) >= 11 is 1.38. The number of nitrogens with one attached hydrogen (secondary N) is 2. The third-order valence-electron chi connectivity index (χ3n) is 19.1. The van der Waals surface area contributed by atoms with E-state index in [1.54, 1.807) is 31.5 Å². The maximum atomic E-state index is 14.2. The normalized spacial score (nSPS) is 25.0. The molecule has 8 atom stereocenters. The number of thiazole rings is 1. The number of carbonyl (C=O) groups is 5. The fourth-order valence-electron chi connectivity index (χ4n) is 15.9. The number of hydrogen-bond acceptors (Lipinski definition) is 24. The molecule has 4 aliphatic carbocycles. The van der Waals surface area contributed by atoms with Crippen LogP contribution in [0.4, 0.5) is 15.7 Å². The van der Waals surface area contributed by atoms with Crippen LogP contribution < -0.4 is 35.5 Å². The maximum absolute atomic E-state index is 14.2. The van der Waals surface area contributed by atoms with Gasteiger partial charge in [-0.15, -0.1) is 0 Å². The van der Waals surface area contributed by atoms with Gasteiger partial charge in [0.25, 0.3) is 16.0 Å². The van der Waals surface area contributed by atoms with Crippen molar-refractivity contribution >= 4 is 72.5 Å². The molecule has 5 fully saturated rings. The first-order chi connectivity index (χ1) is 47.1. The van der Waals surface area contributed by atoms with Gasteiger partial charge in [0.2, 0.25) is 12.2 Å². The van der Waals surface area contributed by atoms with Gasteiger partial charge in [-0.1, -0.05) is 37.3 Å². The lowest BCUT2D eigenvalue weighted by molar-refractivity contribution is -0.271. The number of pyridine rings is 1. The molecule has 2 aliphatic heterocycles. The zero-order chi connectivity index (χ0) is 70.8. The number of ether oxygens (including phenoxy) is 8. The number of aliphatic hydroxyl groups excluding tert-OH is 3. The lowest BCUT2D eigenvalue weighted by Gasteiger charge is -2.69. The largest absolute Gasteiger partial charge is 0.496 e. The molecule has 3 aromatic heterocycles. The van der Waals surface area contributed by atoms with E-state index in [9.17, 15) is 57.9 Å². The molecule has 1 saturated heterocycles. The summed E-state index contributed by atoms with van der Waals surface area (Å²) in [5.41, 5.74) is 9.28. The van der Waals surface area contributed by atoms with Crippen LogP contribution >= 0.6 is 11.3 Å². The van der Waals surface area contributed by atoms with Crippen LogP contribution in [0.5, 0.6) is 17.2 Å². The van der Waals surface area contributed by atoms with E-state index in [-0.39, 0.29) is 104 Å². The Labute approximate surface area is 574 Å². The van der Waals surface area contributed by atoms with Crippen LogP contribution in [-0.2, 0) is 69.5 Å². The predicted octanol–water partition coefficient (Wildman–Crippen LogP) is 4.80. The van der Waals surface area contributed by atoms with Gasteiger partial charge in [0, 0.05) is 86.0 Å². The molecule has 32 heteroatoms. The number of rotatable bonds is 30. The van der Waals surface area contributed by atoms with Crippen molar-refractivity contribution in [3.63, 3.8) is 0 Å². The van der Waals surface area contributed by atoms with Crippen LogP contribution in [0, 0.1) is 23.2 Å². The fraction of sp³-hybridized carbons (Fsp3) is 0.522. The van der Waals surface area contributed by atoms with Gasteiger partial charge in [0.05, 0.1) is 61.3 Å². The van der Waals surface area contributed by atoms with E-state index in [0.29, 0.717) is 59.3 Å². The van der Waals surface area contributed by atoms with Crippen molar-refractivity contribution < 1.29 is 100 Å². The Morgan fingerprint density at radius 2 is 1.61 bits per heavy atom. The van der Waals surface area contributed by atoms with Gasteiger partial charge in [0.15, 0.2) is 16.9 Å². The van der Waals surface area contributed by atoms with Gasteiger partial charge in [-0.25, -0.2) is 24.4 Å². The minimum Gasteiger partial charge on any atom is -0.496 e. The van der Waals surface area contributed by atoms with Gasteiger partial charge in [-0.05, 0) is 122 Å². The van der Waals surface area contributed by atoms with E-state index in [4.69, 9.17) is 58.3 Å². The number of para-hydroxylation sites is 1. The Kier molecular flexibility index (Phi) is 21.5. The second-order valence-electron chi connectivity index (χ2n) is 27.0. The van der Waals surface area contributed by atoms with E-state index in [1.807, 2.05) is 46.8 Å². The monoisotopic (exact) mass is 1410 g/mol. The van der Waals surface area contributed by atoms with Crippen LogP contribution in [0.3, 0.4) is 0 Å². The van der Waals surface area contributed by atoms with E-state index in [1.165, 1.54) is 41.5 Å². The number of carboxylic acid groups (broad SMARTS) is 2. The number of aliphatic hydroxyl groups is 3. The van der Waals surface area contributed by atoms with Gasteiger partial charge in [-0.3, -0.25) is 24.1 Å². The molecule has 12 rings (SSSR count). The van der Waals surface area contributed by atoms with Crippen molar-refractivity contribution in [2.75, 3.05) is 89.4 Å². The molecule has 99 heavy (non-hydrogen) atoms. The van der Waals surface area contributed by atoms with Crippen LogP contribution in [0.2, 0.25) is 0 Å². The number of carbonyl (C=O) groups excluding carboxylic acids is 3. The van der Waals surface area contributed by atoms with Crippen LogP contribution in [0.25, 0.3) is 21.3 Å². The first-order valence-corrected chi connectivity index (χ1v) is 34.8. The van der Waals surface area contributed by atoms with Crippen molar-refractivity contribution in [2.45, 2.75) is 128 Å². The molecule has 6 aromatic rings. The molecule has 3 amide bonds. The number of anilines is 2. The summed E-state index contributed by atoms with van der Waals surface area (Å²) in [7, 11) is -1.38. The van der Waals surface area contributed by atoms with E-state index in [0.717, 1.165) is 59.1 Å². The Morgan fingerprint density at radius 3 is 2.32 bits per heavy atom. The van der Waals surface area contributed by atoms with Crippen molar-refractivity contribution in [2.24, 2.45) is 22.0 Å². The first kappa shape index (κ1) is 72.1. The minimum absolute atomic E-state index is 0.0189. The van der Waals surface area contributed by atoms with E-state index < -0.39 is 88.8 Å². The average Bonchev–Trinajstić information content (AvgIpc) is 1.25. The average molecular weight is 1410 g/mol.